The van der Waals surface area contributed by atoms with Gasteiger partial charge in [-0.25, -0.2) is 15.0 Å². The lowest BCUT2D eigenvalue weighted by atomic mass is 9.95. The van der Waals surface area contributed by atoms with E-state index in [1.165, 1.54) is 0 Å². The van der Waals surface area contributed by atoms with Crippen molar-refractivity contribution < 1.29 is 4.79 Å². The van der Waals surface area contributed by atoms with Crippen molar-refractivity contribution in [2.75, 3.05) is 32.0 Å². The third-order valence-corrected chi connectivity index (χ3v) is 7.63. The molecule has 1 aliphatic heterocycles. The van der Waals surface area contributed by atoms with Gasteiger partial charge in [0, 0.05) is 25.1 Å². The van der Waals surface area contributed by atoms with Crippen molar-refractivity contribution in [2.24, 2.45) is 13.0 Å². The van der Waals surface area contributed by atoms with Gasteiger partial charge >= 0.3 is 0 Å². The minimum absolute atomic E-state index is 0.0660. The summed E-state index contributed by atoms with van der Waals surface area (Å²) >= 11 is 1.58. The Morgan fingerprint density at radius 1 is 1.21 bits per heavy atom. The Balaban J connectivity index is 1.42. The minimum atomic E-state index is -0.0660. The number of amides is 1. The molecule has 0 spiro atoms. The van der Waals surface area contributed by atoms with Crippen molar-refractivity contribution in [3.05, 3.63) is 36.2 Å². The zero-order chi connectivity index (χ0) is 23.8. The third-order valence-electron chi connectivity index (χ3n) is 6.63. The largest absolute Gasteiger partial charge is 0.368 e. The SMILES string of the molecule is CCNc1nc2sc(-c3cccc([C@H](C)NC(=O)C4CCN(C)CC4)c3)nc2c2c1ncn2C. The second kappa shape index (κ2) is 9.31. The summed E-state index contributed by atoms with van der Waals surface area (Å²) in [5.41, 5.74) is 4.79. The number of pyridine rings is 1. The average molecular weight is 478 g/mol. The Morgan fingerprint density at radius 3 is 2.76 bits per heavy atom. The van der Waals surface area contributed by atoms with E-state index in [0.29, 0.717) is 0 Å². The number of aromatic nitrogens is 4. The number of benzene rings is 1. The highest BCUT2D eigenvalue weighted by atomic mass is 32.1. The smallest absolute Gasteiger partial charge is 0.223 e. The van der Waals surface area contributed by atoms with Crippen LogP contribution in [0.25, 0.3) is 32.0 Å². The van der Waals surface area contributed by atoms with E-state index in [2.05, 4.69) is 52.7 Å². The second-order valence-corrected chi connectivity index (χ2v) is 10.1. The Labute approximate surface area is 203 Å². The highest BCUT2D eigenvalue weighted by Crippen LogP contribution is 2.35. The van der Waals surface area contributed by atoms with Crippen molar-refractivity contribution in [3.63, 3.8) is 0 Å². The van der Waals surface area contributed by atoms with Crippen LogP contribution in [0.3, 0.4) is 0 Å². The topological polar surface area (TPSA) is 88.0 Å². The van der Waals surface area contributed by atoms with E-state index in [9.17, 15) is 4.79 Å². The van der Waals surface area contributed by atoms with E-state index < -0.39 is 0 Å². The first kappa shape index (κ1) is 22.7. The third kappa shape index (κ3) is 4.25. The zero-order valence-electron chi connectivity index (χ0n) is 20.1. The summed E-state index contributed by atoms with van der Waals surface area (Å²) in [6.07, 6.45) is 3.65. The van der Waals surface area contributed by atoms with Crippen LogP contribution in [0.5, 0.6) is 0 Å². The second-order valence-electron chi connectivity index (χ2n) is 9.15. The molecule has 1 aliphatic rings. The van der Waals surface area contributed by atoms with Gasteiger partial charge in [0.05, 0.1) is 12.4 Å². The van der Waals surface area contributed by atoms with Gasteiger partial charge in [-0.15, -0.1) is 0 Å². The van der Waals surface area contributed by atoms with E-state index in [-0.39, 0.29) is 17.9 Å². The summed E-state index contributed by atoms with van der Waals surface area (Å²) in [6, 6.07) is 8.23. The molecule has 34 heavy (non-hydrogen) atoms. The van der Waals surface area contributed by atoms with Crippen LogP contribution in [-0.4, -0.2) is 57.0 Å². The van der Waals surface area contributed by atoms with E-state index in [1.807, 2.05) is 24.6 Å². The molecule has 178 valence electrons. The first-order valence-electron chi connectivity index (χ1n) is 11.9. The van der Waals surface area contributed by atoms with Gasteiger partial charge in [-0.05, 0) is 58.5 Å². The number of thiazole rings is 1. The van der Waals surface area contributed by atoms with Crippen LogP contribution in [-0.2, 0) is 11.8 Å². The summed E-state index contributed by atoms with van der Waals surface area (Å²) in [5.74, 6) is 1.05. The van der Waals surface area contributed by atoms with Crippen LogP contribution in [0.2, 0.25) is 0 Å². The number of carbonyl (C=O) groups is 1. The predicted molar refractivity (Wildman–Crippen MR) is 138 cm³/mol. The van der Waals surface area contributed by atoms with E-state index in [0.717, 1.165) is 75.8 Å². The predicted octanol–water partition coefficient (Wildman–Crippen LogP) is 4.20. The fraction of sp³-hybridized carbons (Fsp3) is 0.440. The fourth-order valence-electron chi connectivity index (χ4n) is 4.62. The number of piperidine rings is 1. The summed E-state index contributed by atoms with van der Waals surface area (Å²) < 4.78 is 2.00. The number of rotatable bonds is 6. The molecule has 0 saturated carbocycles. The molecule has 4 aromatic rings. The number of anilines is 1. The van der Waals surface area contributed by atoms with Gasteiger partial charge < -0.3 is 20.1 Å². The molecular weight excluding hydrogens is 446 g/mol. The molecule has 1 aromatic carbocycles. The summed E-state index contributed by atoms with van der Waals surface area (Å²) in [7, 11) is 4.10. The molecule has 0 unspecified atom stereocenters. The number of hydrogen-bond acceptors (Lipinski definition) is 7. The highest BCUT2D eigenvalue weighted by molar-refractivity contribution is 7.21. The van der Waals surface area contributed by atoms with Crippen LogP contribution in [0.4, 0.5) is 5.82 Å². The molecule has 5 rings (SSSR count). The summed E-state index contributed by atoms with van der Waals surface area (Å²) in [6.45, 7) is 6.84. The van der Waals surface area contributed by atoms with Crippen LogP contribution in [0.15, 0.2) is 30.6 Å². The molecule has 4 heterocycles. The van der Waals surface area contributed by atoms with E-state index >= 15 is 0 Å². The standard InChI is InChI=1S/C25H31N7OS/c1-5-26-22-19-21(32(4)14-27-19)20-25(30-22)34-24(29-20)18-8-6-7-17(13-18)15(2)28-23(33)16-9-11-31(3)12-10-16/h6-8,13-16H,5,9-12H2,1-4H3,(H,26,30)(H,28,33)/t15-/m0/s1. The van der Waals surface area contributed by atoms with Crippen molar-refractivity contribution in [2.45, 2.75) is 32.7 Å². The molecule has 8 nitrogen and oxygen atoms in total. The number of nitrogens with zero attached hydrogens (tertiary/aromatic N) is 5. The van der Waals surface area contributed by atoms with Crippen LogP contribution in [0.1, 0.15) is 38.3 Å². The lowest BCUT2D eigenvalue weighted by Gasteiger charge is -2.29. The van der Waals surface area contributed by atoms with Crippen molar-refractivity contribution >= 4 is 44.4 Å². The van der Waals surface area contributed by atoms with E-state index in [1.54, 1.807) is 17.7 Å². The molecule has 9 heteroatoms. The maximum Gasteiger partial charge on any atom is 0.223 e. The maximum atomic E-state index is 12.8. The Morgan fingerprint density at radius 2 is 2.00 bits per heavy atom. The highest BCUT2D eigenvalue weighted by Gasteiger charge is 2.25. The number of imidazole rings is 1. The molecular formula is C25H31N7OS. The number of likely N-dealkylation sites (tertiary alicyclic amines) is 1. The molecule has 3 aromatic heterocycles. The first-order chi connectivity index (χ1) is 16.4. The number of nitrogens with one attached hydrogen (secondary N) is 2. The molecule has 1 amide bonds. The van der Waals surface area contributed by atoms with Crippen molar-refractivity contribution in [1.82, 2.24) is 29.7 Å². The fourth-order valence-corrected chi connectivity index (χ4v) is 5.56. The quantitative estimate of drug-likeness (QED) is 0.433. The van der Waals surface area contributed by atoms with Crippen molar-refractivity contribution in [1.29, 1.82) is 0 Å². The first-order valence-corrected chi connectivity index (χ1v) is 12.7. The normalized spacial score (nSPS) is 16.2. The maximum absolute atomic E-state index is 12.8. The Hall–Kier alpha value is -3.04. The molecule has 1 atom stereocenters. The van der Waals surface area contributed by atoms with Gasteiger partial charge in [0.25, 0.3) is 0 Å². The van der Waals surface area contributed by atoms with Crippen LogP contribution in [0, 0.1) is 5.92 Å². The molecule has 0 bridgehead atoms. The molecule has 2 N–H and O–H groups in total. The Kier molecular flexibility index (Phi) is 6.22. The van der Waals surface area contributed by atoms with Crippen molar-refractivity contribution in [3.8, 4) is 10.6 Å². The number of carbonyl (C=O) groups excluding carboxylic acids is 1. The van der Waals surface area contributed by atoms with Crippen LogP contribution < -0.4 is 10.6 Å². The molecule has 1 saturated heterocycles. The lowest BCUT2D eigenvalue weighted by molar-refractivity contribution is -0.127. The molecule has 0 aliphatic carbocycles. The van der Waals surface area contributed by atoms with Gasteiger partial charge in [-0.2, -0.15) is 0 Å². The molecule has 0 radical (unpaired) electrons. The number of fused-ring (bicyclic) bond motifs is 3. The summed E-state index contributed by atoms with van der Waals surface area (Å²) in [4.78, 5) is 30.3. The number of hydrogen-bond donors (Lipinski definition) is 2. The molecule has 1 fully saturated rings. The minimum Gasteiger partial charge on any atom is -0.368 e. The van der Waals surface area contributed by atoms with Gasteiger partial charge in [-0.3, -0.25) is 4.79 Å². The monoisotopic (exact) mass is 477 g/mol. The van der Waals surface area contributed by atoms with Gasteiger partial charge in [0.1, 0.15) is 26.4 Å². The lowest BCUT2D eigenvalue weighted by Crippen LogP contribution is -2.39. The summed E-state index contributed by atoms with van der Waals surface area (Å²) in [5, 5.41) is 7.47. The van der Waals surface area contributed by atoms with Gasteiger partial charge in [0.2, 0.25) is 5.91 Å². The van der Waals surface area contributed by atoms with Gasteiger partial charge in [-0.1, -0.05) is 29.5 Å². The number of aryl methyl sites for hydroxylation is 1. The Bertz CT molecular complexity index is 1340. The zero-order valence-corrected chi connectivity index (χ0v) is 20.9. The average Bonchev–Trinajstić information content (AvgIpc) is 3.43. The van der Waals surface area contributed by atoms with E-state index in [4.69, 9.17) is 9.97 Å². The van der Waals surface area contributed by atoms with Gasteiger partial charge in [0.15, 0.2) is 5.82 Å². The van der Waals surface area contributed by atoms with Crippen LogP contribution >= 0.6 is 11.3 Å².